The lowest BCUT2D eigenvalue weighted by molar-refractivity contribution is 0.381. The average Bonchev–Trinajstić information content (AvgIpc) is 2.13. The van der Waals surface area contributed by atoms with E-state index in [-0.39, 0.29) is 0 Å². The van der Waals surface area contributed by atoms with Crippen LogP contribution < -0.4 is 5.73 Å². The van der Waals surface area contributed by atoms with Gasteiger partial charge in [-0.05, 0) is 25.2 Å². The molecule has 1 nitrogen and oxygen atoms in total. The van der Waals surface area contributed by atoms with Crippen LogP contribution >= 0.6 is 0 Å². The van der Waals surface area contributed by atoms with Crippen LogP contribution in [0.1, 0.15) is 46.5 Å². The second kappa shape index (κ2) is 7.35. The number of hydrogen-bond acceptors (Lipinski definition) is 1. The van der Waals surface area contributed by atoms with Crippen LogP contribution in [-0.2, 0) is 0 Å². The smallest absolute Gasteiger partial charge is 0.0105 e. The van der Waals surface area contributed by atoms with Gasteiger partial charge in [0.2, 0.25) is 0 Å². The molecule has 0 heterocycles. The lowest BCUT2D eigenvalue weighted by Gasteiger charge is -2.24. The highest BCUT2D eigenvalue weighted by Crippen LogP contribution is 2.21. The van der Waals surface area contributed by atoms with E-state index in [9.17, 15) is 0 Å². The lowest BCUT2D eigenvalue weighted by atomic mass is 9.86. The predicted molar refractivity (Wildman–Crippen MR) is 56.1 cm³/mol. The van der Waals surface area contributed by atoms with Crippen LogP contribution in [0, 0.1) is 5.92 Å². The molecule has 2 N–H and O–H groups in total. The van der Waals surface area contributed by atoms with E-state index in [1.165, 1.54) is 19.3 Å². The molecule has 0 spiro atoms. The Morgan fingerprint density at radius 2 is 1.83 bits per heavy atom. The SMILES string of the molecule is CC.CCC[C@H]1CC=CC[C@H]1N. The molecule has 0 amide bonds. The largest absolute Gasteiger partial charge is 0.327 e. The van der Waals surface area contributed by atoms with Crippen LogP contribution in [0.2, 0.25) is 0 Å². The minimum atomic E-state index is 0.435. The van der Waals surface area contributed by atoms with Crippen LogP contribution in [0.4, 0.5) is 0 Å². The molecule has 72 valence electrons. The molecule has 12 heavy (non-hydrogen) atoms. The third kappa shape index (κ3) is 3.91. The van der Waals surface area contributed by atoms with Crippen molar-refractivity contribution in [3.05, 3.63) is 12.2 Å². The highest BCUT2D eigenvalue weighted by Gasteiger charge is 2.16. The van der Waals surface area contributed by atoms with E-state index in [0.29, 0.717) is 6.04 Å². The van der Waals surface area contributed by atoms with E-state index in [0.717, 1.165) is 12.3 Å². The molecule has 0 bridgehead atoms. The summed E-state index contributed by atoms with van der Waals surface area (Å²) in [6.07, 6.45) is 9.33. The second-order valence-corrected chi connectivity index (χ2v) is 3.16. The zero-order valence-electron chi connectivity index (χ0n) is 8.72. The fourth-order valence-corrected chi connectivity index (χ4v) is 1.59. The van der Waals surface area contributed by atoms with Gasteiger partial charge in [0.1, 0.15) is 0 Å². The van der Waals surface area contributed by atoms with Gasteiger partial charge in [-0.25, -0.2) is 0 Å². The van der Waals surface area contributed by atoms with Gasteiger partial charge in [-0.2, -0.15) is 0 Å². The van der Waals surface area contributed by atoms with Gasteiger partial charge >= 0.3 is 0 Å². The Balaban J connectivity index is 0.000000561. The molecule has 0 aromatic heterocycles. The Morgan fingerprint density at radius 3 is 2.33 bits per heavy atom. The summed E-state index contributed by atoms with van der Waals surface area (Å²) in [6, 6.07) is 0.435. The van der Waals surface area contributed by atoms with E-state index >= 15 is 0 Å². The van der Waals surface area contributed by atoms with E-state index < -0.39 is 0 Å². The van der Waals surface area contributed by atoms with Crippen molar-refractivity contribution in [1.82, 2.24) is 0 Å². The molecule has 0 radical (unpaired) electrons. The standard InChI is InChI=1S/C9H17N.C2H6/c1-2-5-8-6-3-4-7-9(8)10;1-2/h3-4,8-9H,2,5-7,10H2,1H3;1-2H3/t8-,9+;/m0./s1. The molecule has 1 heteroatoms. The number of nitrogens with two attached hydrogens (primary N) is 1. The first-order chi connectivity index (χ1) is 5.84. The summed E-state index contributed by atoms with van der Waals surface area (Å²) < 4.78 is 0. The Labute approximate surface area is 77.0 Å². The highest BCUT2D eigenvalue weighted by molar-refractivity contribution is 4.96. The zero-order valence-corrected chi connectivity index (χ0v) is 8.72. The molecule has 1 aliphatic rings. The maximum Gasteiger partial charge on any atom is 0.0105 e. The van der Waals surface area contributed by atoms with Crippen LogP contribution in [0.5, 0.6) is 0 Å². The molecule has 0 aromatic rings. The Bertz CT molecular complexity index is 118. The summed E-state index contributed by atoms with van der Waals surface area (Å²) in [7, 11) is 0. The molecule has 0 aromatic carbocycles. The number of allylic oxidation sites excluding steroid dienone is 1. The highest BCUT2D eigenvalue weighted by atomic mass is 14.6. The normalized spacial score (nSPS) is 27.7. The number of rotatable bonds is 2. The Morgan fingerprint density at radius 1 is 1.25 bits per heavy atom. The summed E-state index contributed by atoms with van der Waals surface area (Å²) in [5.41, 5.74) is 5.91. The molecular formula is C11H23N. The maximum atomic E-state index is 5.91. The third-order valence-electron chi connectivity index (χ3n) is 2.28. The van der Waals surface area contributed by atoms with E-state index in [1.807, 2.05) is 13.8 Å². The van der Waals surface area contributed by atoms with Gasteiger partial charge < -0.3 is 5.73 Å². The van der Waals surface area contributed by atoms with Gasteiger partial charge in [0, 0.05) is 6.04 Å². The molecule has 2 atom stereocenters. The van der Waals surface area contributed by atoms with Gasteiger partial charge in [-0.15, -0.1) is 0 Å². The molecule has 1 aliphatic carbocycles. The summed E-state index contributed by atoms with van der Waals surface area (Å²) in [4.78, 5) is 0. The predicted octanol–water partition coefficient (Wildman–Crippen LogP) is 3.11. The van der Waals surface area contributed by atoms with Gasteiger partial charge in [-0.3, -0.25) is 0 Å². The number of hydrogen-bond donors (Lipinski definition) is 1. The van der Waals surface area contributed by atoms with E-state index in [1.54, 1.807) is 0 Å². The van der Waals surface area contributed by atoms with E-state index in [4.69, 9.17) is 5.73 Å². The molecule has 0 saturated heterocycles. The van der Waals surface area contributed by atoms with Crippen LogP contribution in [0.25, 0.3) is 0 Å². The van der Waals surface area contributed by atoms with Crippen molar-refractivity contribution in [2.75, 3.05) is 0 Å². The topological polar surface area (TPSA) is 26.0 Å². The summed E-state index contributed by atoms with van der Waals surface area (Å²) >= 11 is 0. The van der Waals surface area contributed by atoms with Gasteiger partial charge in [-0.1, -0.05) is 39.3 Å². The minimum absolute atomic E-state index is 0.435. The second-order valence-electron chi connectivity index (χ2n) is 3.16. The van der Waals surface area contributed by atoms with Crippen molar-refractivity contribution in [3.8, 4) is 0 Å². The lowest BCUT2D eigenvalue weighted by Crippen LogP contribution is -2.30. The maximum absolute atomic E-state index is 5.91. The van der Waals surface area contributed by atoms with Gasteiger partial charge in [0.25, 0.3) is 0 Å². The van der Waals surface area contributed by atoms with Gasteiger partial charge in [0.05, 0.1) is 0 Å². The van der Waals surface area contributed by atoms with Crippen LogP contribution in [-0.4, -0.2) is 6.04 Å². The Hall–Kier alpha value is -0.300. The first-order valence-electron chi connectivity index (χ1n) is 5.25. The molecule has 0 fully saturated rings. The molecule has 1 rings (SSSR count). The minimum Gasteiger partial charge on any atom is -0.327 e. The van der Waals surface area contributed by atoms with Crippen molar-refractivity contribution in [1.29, 1.82) is 0 Å². The monoisotopic (exact) mass is 169 g/mol. The summed E-state index contributed by atoms with van der Waals surface area (Å²) in [6.45, 7) is 6.23. The zero-order chi connectivity index (χ0) is 9.40. The van der Waals surface area contributed by atoms with Crippen molar-refractivity contribution < 1.29 is 0 Å². The fourth-order valence-electron chi connectivity index (χ4n) is 1.59. The quantitative estimate of drug-likeness (QED) is 0.631. The molecular weight excluding hydrogens is 146 g/mol. The molecule has 0 aliphatic heterocycles. The van der Waals surface area contributed by atoms with Crippen LogP contribution in [0.3, 0.4) is 0 Å². The van der Waals surface area contributed by atoms with Gasteiger partial charge in [0.15, 0.2) is 0 Å². The Kier molecular flexibility index (Phi) is 7.17. The molecule has 0 unspecified atom stereocenters. The molecule has 0 saturated carbocycles. The fraction of sp³-hybridized carbons (Fsp3) is 0.818. The van der Waals surface area contributed by atoms with Crippen molar-refractivity contribution in [2.24, 2.45) is 11.7 Å². The first-order valence-corrected chi connectivity index (χ1v) is 5.25. The summed E-state index contributed by atoms with van der Waals surface area (Å²) in [5, 5.41) is 0. The van der Waals surface area contributed by atoms with Crippen molar-refractivity contribution in [3.63, 3.8) is 0 Å². The van der Waals surface area contributed by atoms with E-state index in [2.05, 4.69) is 19.1 Å². The third-order valence-corrected chi connectivity index (χ3v) is 2.28. The van der Waals surface area contributed by atoms with Crippen LogP contribution in [0.15, 0.2) is 12.2 Å². The summed E-state index contributed by atoms with van der Waals surface area (Å²) in [5.74, 6) is 0.759. The average molecular weight is 169 g/mol. The first kappa shape index (κ1) is 11.7. The van der Waals surface area contributed by atoms with Crippen molar-refractivity contribution >= 4 is 0 Å². The van der Waals surface area contributed by atoms with Crippen molar-refractivity contribution in [2.45, 2.75) is 52.5 Å².